The minimum atomic E-state index is -1.18. The van der Waals surface area contributed by atoms with Gasteiger partial charge in [0.25, 0.3) is 5.91 Å². The summed E-state index contributed by atoms with van der Waals surface area (Å²) in [6.07, 6.45) is -0.140. The predicted molar refractivity (Wildman–Crippen MR) is 127 cm³/mol. The molecule has 2 aromatic rings. The molecule has 0 bridgehead atoms. The third-order valence-electron chi connectivity index (χ3n) is 5.74. The molecule has 1 unspecified atom stereocenters. The van der Waals surface area contributed by atoms with Crippen molar-refractivity contribution in [1.29, 1.82) is 0 Å². The molecule has 0 saturated carbocycles. The van der Waals surface area contributed by atoms with Gasteiger partial charge in [0.15, 0.2) is 6.61 Å². The molecule has 8 nitrogen and oxygen atoms in total. The molecule has 1 aliphatic rings. The van der Waals surface area contributed by atoms with Gasteiger partial charge in [-0.05, 0) is 34.1 Å². The smallest absolute Gasteiger partial charge is 0.407 e. The third-order valence-corrected chi connectivity index (χ3v) is 5.74. The molecule has 0 heterocycles. The van der Waals surface area contributed by atoms with Crippen molar-refractivity contribution in [2.75, 3.05) is 26.8 Å². The molecule has 0 saturated heterocycles. The molecule has 182 valence electrons. The summed E-state index contributed by atoms with van der Waals surface area (Å²) in [4.78, 5) is 41.1. The van der Waals surface area contributed by atoms with E-state index in [1.165, 1.54) is 7.05 Å². The number of aliphatic carboxylic acids is 1. The van der Waals surface area contributed by atoms with E-state index >= 15 is 0 Å². The first-order valence-electron chi connectivity index (χ1n) is 11.3. The van der Waals surface area contributed by atoms with Gasteiger partial charge in [0.05, 0.1) is 5.92 Å². The Kier molecular flexibility index (Phi) is 7.94. The first-order valence-corrected chi connectivity index (χ1v) is 11.3. The molecule has 0 spiro atoms. The number of alkyl carbamates (subject to hydrolysis) is 1. The second kappa shape index (κ2) is 10.7. The molecule has 34 heavy (non-hydrogen) atoms. The molecule has 0 radical (unpaired) electrons. The van der Waals surface area contributed by atoms with Crippen LogP contribution in [-0.4, -0.2) is 54.9 Å². The van der Waals surface area contributed by atoms with Crippen LogP contribution in [0.4, 0.5) is 4.79 Å². The molecular weight excluding hydrogens is 436 g/mol. The van der Waals surface area contributed by atoms with Crippen molar-refractivity contribution in [3.63, 3.8) is 0 Å². The number of fused-ring (bicyclic) bond motifs is 3. The fraction of sp³-hybridized carbons (Fsp3) is 0.423. The van der Waals surface area contributed by atoms with Gasteiger partial charge in [-0.25, -0.2) is 14.7 Å². The lowest BCUT2D eigenvalue weighted by molar-refractivity contribution is -0.189. The molecule has 2 N–H and O–H groups in total. The number of ether oxygens (including phenoxy) is 1. The van der Waals surface area contributed by atoms with Crippen molar-refractivity contribution < 1.29 is 29.1 Å². The van der Waals surface area contributed by atoms with Gasteiger partial charge >= 0.3 is 12.1 Å². The highest BCUT2D eigenvalue weighted by Gasteiger charge is 2.31. The Morgan fingerprint density at radius 2 is 1.59 bits per heavy atom. The summed E-state index contributed by atoms with van der Waals surface area (Å²) in [7, 11) is 1.37. The Labute approximate surface area is 199 Å². The topological polar surface area (TPSA) is 105 Å². The Morgan fingerprint density at radius 1 is 1.03 bits per heavy atom. The Balaban J connectivity index is 1.61. The number of hydrogen-bond donors (Lipinski definition) is 2. The van der Waals surface area contributed by atoms with Gasteiger partial charge in [-0.3, -0.25) is 9.63 Å². The summed E-state index contributed by atoms with van der Waals surface area (Å²) in [6.45, 7) is 5.56. The lowest BCUT2D eigenvalue weighted by Gasteiger charge is -2.28. The number of carbonyl (C=O) groups is 3. The van der Waals surface area contributed by atoms with E-state index in [9.17, 15) is 14.4 Å². The number of benzene rings is 2. The Hall–Kier alpha value is -3.39. The lowest BCUT2D eigenvalue weighted by Crippen LogP contribution is -2.42. The van der Waals surface area contributed by atoms with Crippen molar-refractivity contribution in [2.45, 2.75) is 33.1 Å². The summed E-state index contributed by atoms with van der Waals surface area (Å²) >= 11 is 0. The summed E-state index contributed by atoms with van der Waals surface area (Å²) in [6, 6.07) is 16.2. The van der Waals surface area contributed by atoms with E-state index in [2.05, 4.69) is 17.4 Å². The van der Waals surface area contributed by atoms with Crippen LogP contribution >= 0.6 is 0 Å². The van der Waals surface area contributed by atoms with Crippen LogP contribution in [0, 0.1) is 11.3 Å². The highest BCUT2D eigenvalue weighted by molar-refractivity contribution is 5.80. The van der Waals surface area contributed by atoms with E-state index in [4.69, 9.17) is 14.7 Å². The second-order valence-corrected chi connectivity index (χ2v) is 9.67. The van der Waals surface area contributed by atoms with Gasteiger partial charge in [0, 0.05) is 19.5 Å². The van der Waals surface area contributed by atoms with Crippen molar-refractivity contribution in [3.8, 4) is 11.1 Å². The monoisotopic (exact) mass is 468 g/mol. The van der Waals surface area contributed by atoms with E-state index in [-0.39, 0.29) is 24.5 Å². The molecule has 0 aromatic heterocycles. The molecule has 1 atom stereocenters. The van der Waals surface area contributed by atoms with Crippen molar-refractivity contribution in [1.82, 2.24) is 10.4 Å². The van der Waals surface area contributed by atoms with Gasteiger partial charge in [-0.1, -0.05) is 69.3 Å². The zero-order valence-corrected chi connectivity index (χ0v) is 20.0. The zero-order chi connectivity index (χ0) is 24.9. The zero-order valence-electron chi connectivity index (χ0n) is 20.0. The molecule has 2 aromatic carbocycles. The number of carboxylic acids is 1. The Morgan fingerprint density at radius 3 is 2.12 bits per heavy atom. The average molecular weight is 469 g/mol. The number of carbonyl (C=O) groups excluding carboxylic acids is 2. The average Bonchev–Trinajstić information content (AvgIpc) is 3.11. The van der Waals surface area contributed by atoms with Gasteiger partial charge < -0.3 is 15.2 Å². The van der Waals surface area contributed by atoms with Crippen molar-refractivity contribution in [3.05, 3.63) is 59.7 Å². The first kappa shape index (κ1) is 25.2. The van der Waals surface area contributed by atoms with Crippen LogP contribution in [0.1, 0.15) is 44.2 Å². The van der Waals surface area contributed by atoms with Gasteiger partial charge in [0.2, 0.25) is 0 Å². The van der Waals surface area contributed by atoms with Crippen molar-refractivity contribution in [2.24, 2.45) is 11.3 Å². The van der Waals surface area contributed by atoms with Gasteiger partial charge in [-0.2, -0.15) is 0 Å². The van der Waals surface area contributed by atoms with Gasteiger partial charge in [-0.15, -0.1) is 0 Å². The summed E-state index contributed by atoms with van der Waals surface area (Å²) in [5.41, 5.74) is 4.33. The van der Waals surface area contributed by atoms with Crippen LogP contribution in [0.3, 0.4) is 0 Å². The minimum absolute atomic E-state index is 0.0492. The summed E-state index contributed by atoms with van der Waals surface area (Å²) < 4.78 is 5.56. The maximum atomic E-state index is 12.8. The van der Waals surface area contributed by atoms with E-state index in [0.717, 1.165) is 27.3 Å². The minimum Gasteiger partial charge on any atom is -0.479 e. The number of amides is 2. The normalized spacial score (nSPS) is 13.5. The lowest BCUT2D eigenvalue weighted by atomic mass is 9.84. The SMILES string of the molecule is CN(OCC(=O)O)C(=O)C(CNC(=O)OCC1c2ccccc2-c2ccccc21)CC(C)(C)C. The number of hydroxylamine groups is 2. The maximum absolute atomic E-state index is 12.8. The number of rotatable bonds is 9. The predicted octanol–water partition coefficient (Wildman–Crippen LogP) is 4.05. The van der Waals surface area contributed by atoms with Crippen LogP contribution in [-0.2, 0) is 19.2 Å². The molecular formula is C26H32N2O6. The number of carboxylic acid groups (broad SMARTS) is 1. The van der Waals surface area contributed by atoms with Gasteiger partial charge in [0.1, 0.15) is 6.61 Å². The van der Waals surface area contributed by atoms with Crippen LogP contribution in [0.2, 0.25) is 0 Å². The molecule has 2 amide bonds. The summed E-state index contributed by atoms with van der Waals surface area (Å²) in [5, 5.41) is 12.4. The largest absolute Gasteiger partial charge is 0.479 e. The van der Waals surface area contributed by atoms with Crippen LogP contribution in [0.5, 0.6) is 0 Å². The van der Waals surface area contributed by atoms with E-state index in [1.807, 2.05) is 57.2 Å². The van der Waals surface area contributed by atoms with Crippen LogP contribution < -0.4 is 5.32 Å². The first-order chi connectivity index (χ1) is 16.1. The van der Waals surface area contributed by atoms with Crippen LogP contribution in [0.15, 0.2) is 48.5 Å². The standard InChI is InChI=1S/C26H32N2O6/c1-26(2,3)13-17(24(31)28(4)34-16-23(29)30)14-27-25(32)33-15-22-20-11-7-5-9-18(20)19-10-6-8-12-21(19)22/h5-12,17,22H,13-16H2,1-4H3,(H,27,32)(H,29,30). The highest BCUT2D eigenvalue weighted by atomic mass is 16.7. The number of nitrogens with zero attached hydrogens (tertiary/aromatic N) is 1. The maximum Gasteiger partial charge on any atom is 0.407 e. The van der Waals surface area contributed by atoms with Crippen molar-refractivity contribution >= 4 is 18.0 Å². The number of hydrogen-bond acceptors (Lipinski definition) is 5. The molecule has 0 fully saturated rings. The van der Waals surface area contributed by atoms with E-state index in [0.29, 0.717) is 6.42 Å². The summed E-state index contributed by atoms with van der Waals surface area (Å²) in [5.74, 6) is -2.24. The van der Waals surface area contributed by atoms with Crippen LogP contribution in [0.25, 0.3) is 11.1 Å². The molecule has 8 heteroatoms. The highest BCUT2D eigenvalue weighted by Crippen LogP contribution is 2.44. The third kappa shape index (κ3) is 6.35. The Bertz CT molecular complexity index is 1000. The fourth-order valence-electron chi connectivity index (χ4n) is 4.31. The molecule has 1 aliphatic carbocycles. The number of nitrogens with one attached hydrogen (secondary N) is 1. The fourth-order valence-corrected chi connectivity index (χ4v) is 4.31. The second-order valence-electron chi connectivity index (χ2n) is 9.67. The van der Waals surface area contributed by atoms with E-state index in [1.54, 1.807) is 0 Å². The quantitative estimate of drug-likeness (QED) is 0.538. The molecule has 0 aliphatic heterocycles. The molecule has 3 rings (SSSR count). The van der Waals surface area contributed by atoms with E-state index < -0.39 is 30.5 Å².